The molecular weight excluding hydrogens is 240 g/mol. The number of carboxylic acids is 1. The highest BCUT2D eigenvalue weighted by Gasteiger charge is 2.39. The molecule has 2 heterocycles. The van der Waals surface area contributed by atoms with Crippen molar-refractivity contribution in [2.24, 2.45) is 0 Å². The molecule has 2 aliphatic rings. The van der Waals surface area contributed by atoms with Crippen molar-refractivity contribution in [1.82, 2.24) is 0 Å². The summed E-state index contributed by atoms with van der Waals surface area (Å²) in [6.07, 6.45) is 3.13. The molecule has 2 aliphatic heterocycles. The molecule has 4 nitrogen and oxygen atoms in total. The molecule has 0 aromatic rings. The second kappa shape index (κ2) is 5.59. The minimum Gasteiger partial charge on any atom is -0.479 e. The molecule has 98 valence electrons. The highest BCUT2D eigenvalue weighted by molar-refractivity contribution is 7.99. The van der Waals surface area contributed by atoms with Gasteiger partial charge in [0.15, 0.2) is 6.10 Å². The first-order chi connectivity index (χ1) is 8.11. The number of aliphatic carboxylic acids is 1. The summed E-state index contributed by atoms with van der Waals surface area (Å²) in [5.41, 5.74) is -0.0353. The van der Waals surface area contributed by atoms with Crippen molar-refractivity contribution in [3.8, 4) is 0 Å². The smallest absolute Gasteiger partial charge is 0.332 e. The molecule has 1 N–H and O–H groups in total. The lowest BCUT2D eigenvalue weighted by atomic mass is 9.86. The van der Waals surface area contributed by atoms with E-state index in [-0.39, 0.29) is 11.7 Å². The highest BCUT2D eigenvalue weighted by Crippen LogP contribution is 2.38. The molecule has 17 heavy (non-hydrogen) atoms. The fourth-order valence-electron chi connectivity index (χ4n) is 2.54. The van der Waals surface area contributed by atoms with Gasteiger partial charge in [-0.25, -0.2) is 4.79 Å². The van der Waals surface area contributed by atoms with Gasteiger partial charge in [-0.15, -0.1) is 0 Å². The van der Waals surface area contributed by atoms with Crippen molar-refractivity contribution in [2.45, 2.75) is 50.4 Å². The van der Waals surface area contributed by atoms with Crippen molar-refractivity contribution < 1.29 is 19.4 Å². The maximum Gasteiger partial charge on any atom is 0.332 e. The van der Waals surface area contributed by atoms with Crippen LogP contribution in [0.2, 0.25) is 0 Å². The molecular formula is C12H20O4S. The molecule has 2 rings (SSSR count). The summed E-state index contributed by atoms with van der Waals surface area (Å²) in [5, 5.41) is 8.85. The van der Waals surface area contributed by atoms with E-state index < -0.39 is 12.1 Å². The van der Waals surface area contributed by atoms with E-state index in [4.69, 9.17) is 14.6 Å². The summed E-state index contributed by atoms with van der Waals surface area (Å²) in [6, 6.07) is 0. The minimum absolute atomic E-state index is 0.0353. The van der Waals surface area contributed by atoms with Gasteiger partial charge in [0.1, 0.15) is 0 Å². The number of carbonyl (C=O) groups is 1. The van der Waals surface area contributed by atoms with Gasteiger partial charge in [0.05, 0.1) is 11.7 Å². The van der Waals surface area contributed by atoms with Crippen LogP contribution in [0.4, 0.5) is 0 Å². The topological polar surface area (TPSA) is 55.8 Å². The Hall–Kier alpha value is -0.260. The van der Waals surface area contributed by atoms with Gasteiger partial charge in [-0.05, 0) is 37.7 Å². The lowest BCUT2D eigenvalue weighted by Crippen LogP contribution is -2.46. The molecule has 0 saturated carbocycles. The first-order valence-corrected chi connectivity index (χ1v) is 7.37. The molecule has 0 aliphatic carbocycles. The summed E-state index contributed by atoms with van der Waals surface area (Å²) in [6.45, 7) is 2.29. The van der Waals surface area contributed by atoms with Gasteiger partial charge in [0, 0.05) is 13.0 Å². The van der Waals surface area contributed by atoms with Crippen LogP contribution in [0.25, 0.3) is 0 Å². The van der Waals surface area contributed by atoms with Crippen molar-refractivity contribution in [3.63, 3.8) is 0 Å². The number of thioether (sulfide) groups is 1. The van der Waals surface area contributed by atoms with Crippen LogP contribution in [0, 0.1) is 0 Å². The SMILES string of the molecule is CC(OC1CCOC2(CCSCC2)C1)C(=O)O. The van der Waals surface area contributed by atoms with Gasteiger partial charge >= 0.3 is 5.97 Å². The van der Waals surface area contributed by atoms with Gasteiger partial charge in [0.2, 0.25) is 0 Å². The molecule has 0 aromatic carbocycles. The third-order valence-corrected chi connectivity index (χ3v) is 4.58. The second-order valence-corrected chi connectivity index (χ2v) is 6.10. The van der Waals surface area contributed by atoms with Crippen molar-refractivity contribution in [3.05, 3.63) is 0 Å². The Morgan fingerprint density at radius 3 is 2.88 bits per heavy atom. The predicted octanol–water partition coefficient (Wildman–Crippen LogP) is 1.92. The molecule has 1 spiro atoms. The summed E-state index contributed by atoms with van der Waals surface area (Å²) in [4.78, 5) is 10.8. The Kier molecular flexibility index (Phi) is 4.33. The van der Waals surface area contributed by atoms with Gasteiger partial charge in [-0.1, -0.05) is 0 Å². The summed E-state index contributed by atoms with van der Waals surface area (Å²) < 4.78 is 11.5. The number of hydrogen-bond donors (Lipinski definition) is 1. The predicted molar refractivity (Wildman–Crippen MR) is 66.4 cm³/mol. The number of carboxylic acid groups (broad SMARTS) is 1. The van der Waals surface area contributed by atoms with Gasteiger partial charge in [-0.3, -0.25) is 0 Å². The Labute approximate surface area is 106 Å². The van der Waals surface area contributed by atoms with Crippen molar-refractivity contribution >= 4 is 17.7 Å². The van der Waals surface area contributed by atoms with Gasteiger partial charge in [-0.2, -0.15) is 11.8 Å². The van der Waals surface area contributed by atoms with Crippen LogP contribution in [0.3, 0.4) is 0 Å². The van der Waals surface area contributed by atoms with E-state index in [1.807, 2.05) is 11.8 Å². The molecule has 0 amide bonds. The van der Waals surface area contributed by atoms with Gasteiger partial charge in [0.25, 0.3) is 0 Å². The Morgan fingerprint density at radius 2 is 2.24 bits per heavy atom. The molecule has 2 unspecified atom stereocenters. The molecule has 0 radical (unpaired) electrons. The monoisotopic (exact) mass is 260 g/mol. The van der Waals surface area contributed by atoms with Crippen LogP contribution >= 0.6 is 11.8 Å². The second-order valence-electron chi connectivity index (χ2n) is 4.88. The fourth-order valence-corrected chi connectivity index (χ4v) is 3.77. The van der Waals surface area contributed by atoms with Crippen LogP contribution in [-0.2, 0) is 14.3 Å². The van der Waals surface area contributed by atoms with E-state index in [9.17, 15) is 4.79 Å². The normalized spacial score (nSPS) is 30.1. The van der Waals surface area contributed by atoms with Crippen molar-refractivity contribution in [2.75, 3.05) is 18.1 Å². The van der Waals surface area contributed by atoms with Crippen LogP contribution in [-0.4, -0.2) is 47.0 Å². The van der Waals surface area contributed by atoms with Gasteiger partial charge < -0.3 is 14.6 Å². The molecule has 0 aromatic heterocycles. The summed E-state index contributed by atoms with van der Waals surface area (Å²) in [5.74, 6) is 1.40. The third-order valence-electron chi connectivity index (χ3n) is 3.60. The standard InChI is InChI=1S/C12H20O4S/c1-9(11(13)14)16-10-2-5-15-12(8-10)3-6-17-7-4-12/h9-10H,2-8H2,1H3,(H,13,14). The van der Waals surface area contributed by atoms with Crippen LogP contribution < -0.4 is 0 Å². The van der Waals surface area contributed by atoms with Crippen LogP contribution in [0.1, 0.15) is 32.6 Å². The number of rotatable bonds is 3. The van der Waals surface area contributed by atoms with E-state index in [0.717, 1.165) is 37.2 Å². The maximum absolute atomic E-state index is 10.8. The molecule has 2 saturated heterocycles. The van der Waals surface area contributed by atoms with E-state index >= 15 is 0 Å². The lowest BCUT2D eigenvalue weighted by molar-refractivity contribution is -0.170. The Bertz CT molecular complexity index is 270. The van der Waals surface area contributed by atoms with Crippen molar-refractivity contribution in [1.29, 1.82) is 0 Å². The Balaban J connectivity index is 1.90. The first kappa shape index (κ1) is 13.2. The average Bonchev–Trinajstić information content (AvgIpc) is 2.30. The summed E-state index contributed by atoms with van der Waals surface area (Å²) in [7, 11) is 0. The van der Waals surface area contributed by atoms with E-state index in [1.54, 1.807) is 6.92 Å². The number of ether oxygens (including phenoxy) is 2. The minimum atomic E-state index is -0.884. The van der Waals surface area contributed by atoms with E-state index in [1.165, 1.54) is 0 Å². The average molecular weight is 260 g/mol. The fraction of sp³-hybridized carbons (Fsp3) is 0.917. The van der Waals surface area contributed by atoms with Crippen LogP contribution in [0.15, 0.2) is 0 Å². The zero-order valence-electron chi connectivity index (χ0n) is 10.2. The first-order valence-electron chi connectivity index (χ1n) is 6.21. The molecule has 5 heteroatoms. The molecule has 2 atom stereocenters. The maximum atomic E-state index is 10.8. The highest BCUT2D eigenvalue weighted by atomic mass is 32.2. The number of hydrogen-bond acceptors (Lipinski definition) is 4. The Morgan fingerprint density at radius 1 is 1.53 bits per heavy atom. The lowest BCUT2D eigenvalue weighted by Gasteiger charge is -2.43. The summed E-state index contributed by atoms with van der Waals surface area (Å²) >= 11 is 1.97. The largest absolute Gasteiger partial charge is 0.479 e. The van der Waals surface area contributed by atoms with Crippen LogP contribution in [0.5, 0.6) is 0 Å². The third kappa shape index (κ3) is 3.36. The van der Waals surface area contributed by atoms with E-state index in [2.05, 4.69) is 0 Å². The zero-order valence-corrected chi connectivity index (χ0v) is 11.0. The zero-order chi connectivity index (χ0) is 12.3. The quantitative estimate of drug-likeness (QED) is 0.840. The molecule has 2 fully saturated rings. The van der Waals surface area contributed by atoms with E-state index in [0.29, 0.717) is 6.61 Å². The molecule has 0 bridgehead atoms.